The highest BCUT2D eigenvalue weighted by molar-refractivity contribution is 7.99. The molecule has 1 aromatic rings. The van der Waals surface area contributed by atoms with Gasteiger partial charge in [-0.3, -0.25) is 4.68 Å². The Balaban J connectivity index is 2.81. The summed E-state index contributed by atoms with van der Waals surface area (Å²) in [4.78, 5) is 0. The second-order valence-corrected chi connectivity index (χ2v) is 6.63. The maximum Gasteiger partial charge on any atom is 0.0834 e. The average Bonchev–Trinajstić information content (AvgIpc) is 2.81. The SMILES string of the molecule is CCNC(CSC(C)CC)c1c(Cl)cnn1CCOC. The molecule has 1 aromatic heterocycles. The van der Waals surface area contributed by atoms with Gasteiger partial charge >= 0.3 is 0 Å². The number of aromatic nitrogens is 2. The van der Waals surface area contributed by atoms with E-state index in [-0.39, 0.29) is 6.04 Å². The van der Waals surface area contributed by atoms with E-state index in [2.05, 4.69) is 31.2 Å². The Hall–Kier alpha value is -0.230. The maximum atomic E-state index is 6.33. The van der Waals surface area contributed by atoms with Gasteiger partial charge in [-0.2, -0.15) is 16.9 Å². The van der Waals surface area contributed by atoms with E-state index in [1.807, 2.05) is 16.4 Å². The molecule has 116 valence electrons. The molecule has 0 aliphatic rings. The van der Waals surface area contributed by atoms with E-state index in [0.29, 0.717) is 11.9 Å². The number of ether oxygens (including phenoxy) is 1. The molecule has 0 saturated heterocycles. The summed E-state index contributed by atoms with van der Waals surface area (Å²) in [7, 11) is 1.70. The number of hydrogen-bond acceptors (Lipinski definition) is 4. The molecule has 0 aromatic carbocycles. The Morgan fingerprint density at radius 2 is 2.25 bits per heavy atom. The zero-order chi connectivity index (χ0) is 15.0. The molecule has 0 aliphatic heterocycles. The number of nitrogens with zero attached hydrogens (tertiary/aromatic N) is 2. The molecule has 6 heteroatoms. The molecule has 0 radical (unpaired) electrons. The van der Waals surface area contributed by atoms with E-state index < -0.39 is 0 Å². The summed E-state index contributed by atoms with van der Waals surface area (Å²) in [6.45, 7) is 8.88. The lowest BCUT2D eigenvalue weighted by molar-refractivity contribution is 0.182. The number of hydrogen-bond donors (Lipinski definition) is 1. The molecule has 1 N–H and O–H groups in total. The van der Waals surface area contributed by atoms with Crippen molar-refractivity contribution in [2.45, 2.75) is 45.0 Å². The van der Waals surface area contributed by atoms with Crippen LogP contribution < -0.4 is 5.32 Å². The van der Waals surface area contributed by atoms with Crippen molar-refractivity contribution < 1.29 is 4.74 Å². The van der Waals surface area contributed by atoms with E-state index >= 15 is 0 Å². The third-order valence-electron chi connectivity index (χ3n) is 3.24. The van der Waals surface area contributed by atoms with Gasteiger partial charge < -0.3 is 10.1 Å². The van der Waals surface area contributed by atoms with Gasteiger partial charge in [-0.05, 0) is 13.0 Å². The van der Waals surface area contributed by atoms with Gasteiger partial charge in [0.2, 0.25) is 0 Å². The molecule has 0 saturated carbocycles. The predicted octanol–water partition coefficient (Wildman–Crippen LogP) is 3.37. The van der Waals surface area contributed by atoms with Gasteiger partial charge in [0.25, 0.3) is 0 Å². The third-order valence-corrected chi connectivity index (χ3v) is 4.96. The van der Waals surface area contributed by atoms with Crippen LogP contribution in [0.3, 0.4) is 0 Å². The molecular weight excluding hydrogens is 294 g/mol. The highest BCUT2D eigenvalue weighted by Gasteiger charge is 2.20. The first-order chi connectivity index (χ1) is 9.63. The lowest BCUT2D eigenvalue weighted by Crippen LogP contribution is -2.27. The topological polar surface area (TPSA) is 39.1 Å². The molecule has 20 heavy (non-hydrogen) atoms. The van der Waals surface area contributed by atoms with E-state index in [4.69, 9.17) is 16.3 Å². The molecule has 0 fully saturated rings. The lowest BCUT2D eigenvalue weighted by Gasteiger charge is -2.21. The predicted molar refractivity (Wildman–Crippen MR) is 87.7 cm³/mol. The smallest absolute Gasteiger partial charge is 0.0834 e. The minimum Gasteiger partial charge on any atom is -0.383 e. The van der Waals surface area contributed by atoms with Crippen molar-refractivity contribution in [3.8, 4) is 0 Å². The summed E-state index contributed by atoms with van der Waals surface area (Å²) in [5.41, 5.74) is 1.07. The molecule has 0 bridgehead atoms. The van der Waals surface area contributed by atoms with Gasteiger partial charge in [-0.1, -0.05) is 32.4 Å². The molecule has 4 nitrogen and oxygen atoms in total. The Bertz CT molecular complexity index is 386. The fraction of sp³-hybridized carbons (Fsp3) is 0.786. The molecule has 0 spiro atoms. The summed E-state index contributed by atoms with van der Waals surface area (Å²) in [6, 6.07) is 0.228. The first-order valence-electron chi connectivity index (χ1n) is 7.19. The van der Waals surface area contributed by atoms with Crippen molar-refractivity contribution in [2.24, 2.45) is 0 Å². The van der Waals surface area contributed by atoms with Crippen molar-refractivity contribution in [3.63, 3.8) is 0 Å². The minimum absolute atomic E-state index is 0.228. The Morgan fingerprint density at radius 3 is 2.85 bits per heavy atom. The van der Waals surface area contributed by atoms with Gasteiger partial charge in [0, 0.05) is 18.1 Å². The van der Waals surface area contributed by atoms with E-state index in [9.17, 15) is 0 Å². The van der Waals surface area contributed by atoms with Crippen LogP contribution >= 0.6 is 23.4 Å². The quantitative estimate of drug-likeness (QED) is 0.717. The van der Waals surface area contributed by atoms with Crippen LogP contribution in [0.5, 0.6) is 0 Å². The van der Waals surface area contributed by atoms with E-state index in [1.165, 1.54) is 6.42 Å². The summed E-state index contributed by atoms with van der Waals surface area (Å²) in [5.74, 6) is 1.00. The van der Waals surface area contributed by atoms with Gasteiger partial charge in [-0.25, -0.2) is 0 Å². The van der Waals surface area contributed by atoms with Crippen molar-refractivity contribution in [1.82, 2.24) is 15.1 Å². The second-order valence-electron chi connectivity index (χ2n) is 4.76. The molecule has 2 atom stereocenters. The van der Waals surface area contributed by atoms with Crippen molar-refractivity contribution in [3.05, 3.63) is 16.9 Å². The largest absolute Gasteiger partial charge is 0.383 e. The first-order valence-corrected chi connectivity index (χ1v) is 8.61. The van der Waals surface area contributed by atoms with Crippen LogP contribution in [0.1, 0.15) is 38.9 Å². The first kappa shape index (κ1) is 17.8. The Morgan fingerprint density at radius 1 is 1.50 bits per heavy atom. The Labute approximate surface area is 131 Å². The monoisotopic (exact) mass is 319 g/mol. The van der Waals surface area contributed by atoms with Crippen molar-refractivity contribution in [2.75, 3.05) is 26.0 Å². The number of thioether (sulfide) groups is 1. The summed E-state index contributed by atoms with van der Waals surface area (Å²) in [6.07, 6.45) is 2.91. The molecular formula is C14H26ClN3OS. The van der Waals surface area contributed by atoms with Crippen LogP contribution in [0.2, 0.25) is 5.02 Å². The number of halogens is 1. The fourth-order valence-corrected chi connectivity index (χ4v) is 3.24. The fourth-order valence-electron chi connectivity index (χ4n) is 1.93. The Kier molecular flexibility index (Phi) is 8.61. The van der Waals surface area contributed by atoms with Gasteiger partial charge in [0.05, 0.1) is 36.1 Å². The number of nitrogens with one attached hydrogen (secondary N) is 1. The molecule has 0 aliphatic carbocycles. The lowest BCUT2D eigenvalue weighted by atomic mass is 10.2. The minimum atomic E-state index is 0.228. The van der Waals surface area contributed by atoms with Gasteiger partial charge in [0.1, 0.15) is 0 Å². The highest BCUT2D eigenvalue weighted by Crippen LogP contribution is 2.27. The van der Waals surface area contributed by atoms with Crippen LogP contribution in [0, 0.1) is 0 Å². The standard InChI is InChI=1S/C14H26ClN3OS/c1-5-11(3)20-10-13(16-6-2)14-12(15)9-17-18(14)7-8-19-4/h9,11,13,16H,5-8,10H2,1-4H3. The average molecular weight is 320 g/mol. The van der Waals surface area contributed by atoms with Crippen molar-refractivity contribution >= 4 is 23.4 Å². The van der Waals surface area contributed by atoms with Crippen LogP contribution in [0.25, 0.3) is 0 Å². The number of methoxy groups -OCH3 is 1. The van der Waals surface area contributed by atoms with Crippen LogP contribution in [-0.4, -0.2) is 41.0 Å². The second kappa shape index (κ2) is 9.66. The van der Waals surface area contributed by atoms with Crippen LogP contribution in [0.15, 0.2) is 6.20 Å². The molecule has 1 heterocycles. The highest BCUT2D eigenvalue weighted by atomic mass is 35.5. The normalized spacial score (nSPS) is 14.4. The van der Waals surface area contributed by atoms with E-state index in [0.717, 1.165) is 29.6 Å². The molecule has 0 amide bonds. The number of rotatable bonds is 10. The van der Waals surface area contributed by atoms with Crippen LogP contribution in [-0.2, 0) is 11.3 Å². The maximum absolute atomic E-state index is 6.33. The molecule has 1 rings (SSSR count). The van der Waals surface area contributed by atoms with E-state index in [1.54, 1.807) is 13.3 Å². The van der Waals surface area contributed by atoms with Gasteiger partial charge in [0.15, 0.2) is 0 Å². The zero-order valence-corrected chi connectivity index (χ0v) is 14.4. The summed E-state index contributed by atoms with van der Waals surface area (Å²) >= 11 is 8.30. The summed E-state index contributed by atoms with van der Waals surface area (Å²) in [5, 5.41) is 9.27. The van der Waals surface area contributed by atoms with Crippen LogP contribution in [0.4, 0.5) is 0 Å². The zero-order valence-electron chi connectivity index (χ0n) is 12.9. The third kappa shape index (κ3) is 5.28. The van der Waals surface area contributed by atoms with Crippen molar-refractivity contribution in [1.29, 1.82) is 0 Å². The molecule has 2 unspecified atom stereocenters. The summed E-state index contributed by atoms with van der Waals surface area (Å²) < 4.78 is 7.09. The van der Waals surface area contributed by atoms with Gasteiger partial charge in [-0.15, -0.1) is 0 Å².